The number of halogens is 2. The van der Waals surface area contributed by atoms with Crippen LogP contribution in [0.15, 0.2) is 18.2 Å². The molecule has 0 aliphatic carbocycles. The second-order valence-electron chi connectivity index (χ2n) is 2.83. The van der Waals surface area contributed by atoms with Crippen LogP contribution < -0.4 is 0 Å². The summed E-state index contributed by atoms with van der Waals surface area (Å²) in [5.74, 6) is 0.563. The summed E-state index contributed by atoms with van der Waals surface area (Å²) in [6, 6.07) is 4.49. The molecule has 0 saturated carbocycles. The SMILES string of the molecule is O=[N+]([O-])c1ccc(CCCCl)c(Cl)c1. The van der Waals surface area contributed by atoms with Gasteiger partial charge in [0.05, 0.1) is 9.95 Å². The monoisotopic (exact) mass is 233 g/mol. The van der Waals surface area contributed by atoms with E-state index in [1.54, 1.807) is 6.07 Å². The summed E-state index contributed by atoms with van der Waals surface area (Å²) in [7, 11) is 0. The summed E-state index contributed by atoms with van der Waals surface area (Å²) in [4.78, 5) is 9.94. The number of nitro groups is 1. The van der Waals surface area contributed by atoms with E-state index in [9.17, 15) is 10.1 Å². The van der Waals surface area contributed by atoms with Crippen molar-refractivity contribution < 1.29 is 4.92 Å². The average Bonchev–Trinajstić information content (AvgIpc) is 2.15. The Bertz CT molecular complexity index is 342. The van der Waals surface area contributed by atoms with Crippen LogP contribution in [0.3, 0.4) is 0 Å². The van der Waals surface area contributed by atoms with Gasteiger partial charge in [-0.1, -0.05) is 17.7 Å². The van der Waals surface area contributed by atoms with Gasteiger partial charge in [-0.05, 0) is 18.4 Å². The van der Waals surface area contributed by atoms with Crippen LogP contribution in [0.5, 0.6) is 0 Å². The van der Waals surface area contributed by atoms with Crippen LogP contribution in [-0.4, -0.2) is 10.8 Å². The molecule has 0 aliphatic rings. The lowest BCUT2D eigenvalue weighted by Gasteiger charge is -2.01. The zero-order valence-corrected chi connectivity index (χ0v) is 8.88. The summed E-state index contributed by atoms with van der Waals surface area (Å²) in [5.41, 5.74) is 0.919. The number of nitro benzene ring substituents is 1. The molecule has 0 unspecified atom stereocenters. The molecule has 1 rings (SSSR count). The molecule has 0 fully saturated rings. The van der Waals surface area contributed by atoms with E-state index < -0.39 is 4.92 Å². The molecule has 0 aliphatic heterocycles. The van der Waals surface area contributed by atoms with Gasteiger partial charge < -0.3 is 0 Å². The third-order valence-corrected chi connectivity index (χ3v) is 2.45. The summed E-state index contributed by atoms with van der Waals surface area (Å²) in [6.45, 7) is 0. The third-order valence-electron chi connectivity index (χ3n) is 1.83. The van der Waals surface area contributed by atoms with E-state index in [1.807, 2.05) is 0 Å². The van der Waals surface area contributed by atoms with Crippen LogP contribution in [-0.2, 0) is 6.42 Å². The molecule has 14 heavy (non-hydrogen) atoms. The lowest BCUT2D eigenvalue weighted by atomic mass is 10.1. The van der Waals surface area contributed by atoms with E-state index in [4.69, 9.17) is 23.2 Å². The molecule has 0 amide bonds. The van der Waals surface area contributed by atoms with Crippen LogP contribution in [0.1, 0.15) is 12.0 Å². The highest BCUT2D eigenvalue weighted by molar-refractivity contribution is 6.31. The number of aryl methyl sites for hydroxylation is 1. The fraction of sp³-hybridized carbons (Fsp3) is 0.333. The highest BCUT2D eigenvalue weighted by Gasteiger charge is 2.08. The molecular weight excluding hydrogens is 225 g/mol. The van der Waals surface area contributed by atoms with E-state index in [0.29, 0.717) is 10.9 Å². The second kappa shape index (κ2) is 5.17. The first-order valence-corrected chi connectivity index (χ1v) is 5.05. The van der Waals surface area contributed by atoms with E-state index >= 15 is 0 Å². The van der Waals surface area contributed by atoms with Gasteiger partial charge in [-0.25, -0.2) is 0 Å². The van der Waals surface area contributed by atoms with Crippen LogP contribution in [0.4, 0.5) is 5.69 Å². The van der Waals surface area contributed by atoms with Gasteiger partial charge in [-0.2, -0.15) is 0 Å². The van der Waals surface area contributed by atoms with Gasteiger partial charge in [0.1, 0.15) is 0 Å². The zero-order chi connectivity index (χ0) is 10.6. The molecule has 5 heteroatoms. The third kappa shape index (κ3) is 2.86. The van der Waals surface area contributed by atoms with E-state index in [1.165, 1.54) is 12.1 Å². The van der Waals surface area contributed by atoms with Crippen LogP contribution in [0.2, 0.25) is 5.02 Å². The number of alkyl halides is 1. The van der Waals surface area contributed by atoms with Crippen molar-refractivity contribution in [1.29, 1.82) is 0 Å². The Morgan fingerprint density at radius 3 is 2.64 bits per heavy atom. The number of benzene rings is 1. The van der Waals surface area contributed by atoms with E-state index in [-0.39, 0.29) is 5.69 Å². The van der Waals surface area contributed by atoms with Crippen LogP contribution in [0, 0.1) is 10.1 Å². The Labute approximate surface area is 91.8 Å². The van der Waals surface area contributed by atoms with Crippen molar-refractivity contribution in [3.05, 3.63) is 38.9 Å². The van der Waals surface area contributed by atoms with Gasteiger partial charge in [0, 0.05) is 18.0 Å². The van der Waals surface area contributed by atoms with Crippen LogP contribution >= 0.6 is 23.2 Å². The molecule has 0 N–H and O–H groups in total. The molecule has 0 heterocycles. The second-order valence-corrected chi connectivity index (χ2v) is 3.61. The minimum atomic E-state index is -0.461. The highest BCUT2D eigenvalue weighted by atomic mass is 35.5. The van der Waals surface area contributed by atoms with Crippen molar-refractivity contribution in [2.24, 2.45) is 0 Å². The maximum atomic E-state index is 10.4. The molecule has 0 spiro atoms. The van der Waals surface area contributed by atoms with E-state index in [0.717, 1.165) is 18.4 Å². The van der Waals surface area contributed by atoms with Gasteiger partial charge in [0.15, 0.2) is 0 Å². The Morgan fingerprint density at radius 1 is 1.43 bits per heavy atom. The molecule has 3 nitrogen and oxygen atoms in total. The highest BCUT2D eigenvalue weighted by Crippen LogP contribution is 2.23. The molecule has 0 radical (unpaired) electrons. The molecule has 1 aromatic rings. The number of non-ortho nitro benzene ring substituents is 1. The maximum Gasteiger partial charge on any atom is 0.270 e. The standard InChI is InChI=1S/C9H9Cl2NO2/c10-5-1-2-7-3-4-8(12(13)14)6-9(7)11/h3-4,6H,1-2,5H2. The first-order valence-electron chi connectivity index (χ1n) is 4.14. The van der Waals surface area contributed by atoms with Crippen molar-refractivity contribution >= 4 is 28.9 Å². The average molecular weight is 234 g/mol. The number of hydrogen-bond acceptors (Lipinski definition) is 2. The molecule has 0 atom stereocenters. The fourth-order valence-corrected chi connectivity index (χ4v) is 1.51. The maximum absolute atomic E-state index is 10.4. The summed E-state index contributed by atoms with van der Waals surface area (Å²) in [6.07, 6.45) is 1.57. The van der Waals surface area contributed by atoms with Gasteiger partial charge >= 0.3 is 0 Å². The molecule has 0 aromatic heterocycles. The van der Waals surface area contributed by atoms with Gasteiger partial charge in [-0.15, -0.1) is 11.6 Å². The van der Waals surface area contributed by atoms with Gasteiger partial charge in [-0.3, -0.25) is 10.1 Å². The van der Waals surface area contributed by atoms with Crippen LogP contribution in [0.25, 0.3) is 0 Å². The van der Waals surface area contributed by atoms with Crippen molar-refractivity contribution in [3.63, 3.8) is 0 Å². The first-order chi connectivity index (χ1) is 6.65. The van der Waals surface area contributed by atoms with E-state index in [2.05, 4.69) is 0 Å². The molecule has 0 saturated heterocycles. The molecule has 1 aromatic carbocycles. The Kier molecular flexibility index (Phi) is 4.17. The Morgan fingerprint density at radius 2 is 2.14 bits per heavy atom. The number of rotatable bonds is 4. The Hall–Kier alpha value is -0.800. The Balaban J connectivity index is 2.84. The predicted molar refractivity (Wildman–Crippen MR) is 57.1 cm³/mol. The topological polar surface area (TPSA) is 43.1 Å². The summed E-state index contributed by atoms with van der Waals surface area (Å²) >= 11 is 11.4. The van der Waals surface area contributed by atoms with Gasteiger partial charge in [0.25, 0.3) is 5.69 Å². The smallest absolute Gasteiger partial charge is 0.258 e. The lowest BCUT2D eigenvalue weighted by Crippen LogP contribution is -1.91. The van der Waals surface area contributed by atoms with Crippen molar-refractivity contribution in [2.75, 3.05) is 5.88 Å². The van der Waals surface area contributed by atoms with Gasteiger partial charge in [0.2, 0.25) is 0 Å². The quantitative estimate of drug-likeness (QED) is 0.455. The first kappa shape index (κ1) is 11.3. The van der Waals surface area contributed by atoms with Crippen molar-refractivity contribution in [1.82, 2.24) is 0 Å². The lowest BCUT2D eigenvalue weighted by molar-refractivity contribution is -0.384. The molecular formula is C9H9Cl2NO2. The largest absolute Gasteiger partial charge is 0.270 e. The minimum absolute atomic E-state index is 0.0182. The zero-order valence-electron chi connectivity index (χ0n) is 7.37. The predicted octanol–water partition coefficient (Wildman–Crippen LogP) is 3.42. The van der Waals surface area contributed by atoms with Crippen molar-refractivity contribution in [3.8, 4) is 0 Å². The fourth-order valence-electron chi connectivity index (χ4n) is 1.11. The number of hydrogen-bond donors (Lipinski definition) is 0. The number of nitrogens with zero attached hydrogens (tertiary/aromatic N) is 1. The molecule has 76 valence electrons. The van der Waals surface area contributed by atoms with Crippen molar-refractivity contribution in [2.45, 2.75) is 12.8 Å². The minimum Gasteiger partial charge on any atom is -0.258 e. The molecule has 0 bridgehead atoms. The summed E-state index contributed by atoms with van der Waals surface area (Å²) in [5, 5.41) is 10.8. The normalized spacial score (nSPS) is 10.1. The summed E-state index contributed by atoms with van der Waals surface area (Å²) < 4.78 is 0.